The Morgan fingerprint density at radius 3 is 3.00 bits per heavy atom. The Kier molecular flexibility index (Phi) is 4.08. The van der Waals surface area contributed by atoms with Gasteiger partial charge in [-0.25, -0.2) is 0 Å². The number of benzene rings is 1. The molecule has 6 heteroatoms. The molecule has 1 fully saturated rings. The number of methoxy groups -OCH3 is 1. The van der Waals surface area contributed by atoms with Crippen molar-refractivity contribution in [2.24, 2.45) is 10.9 Å². The quantitative estimate of drug-likeness (QED) is 0.386. The Hall–Kier alpha value is -1.27. The van der Waals surface area contributed by atoms with Crippen LogP contribution in [0.3, 0.4) is 0 Å². The summed E-state index contributed by atoms with van der Waals surface area (Å²) in [6.07, 6.45) is 1.22. The number of nitrogens with two attached hydrogens (primary N) is 1. The Morgan fingerprint density at radius 1 is 1.61 bits per heavy atom. The highest BCUT2D eigenvalue weighted by Crippen LogP contribution is 2.30. The van der Waals surface area contributed by atoms with Crippen molar-refractivity contribution in [2.45, 2.75) is 12.5 Å². The Bertz CT molecular complexity index is 465. The van der Waals surface area contributed by atoms with Crippen molar-refractivity contribution in [2.75, 3.05) is 25.1 Å². The largest absolute Gasteiger partial charge is 0.409 e. The van der Waals surface area contributed by atoms with Crippen molar-refractivity contribution in [3.8, 4) is 0 Å². The molecule has 1 aliphatic rings. The molecule has 1 atom stereocenters. The Labute approximate surface area is 114 Å². The third-order valence-electron chi connectivity index (χ3n) is 3.17. The molecule has 0 radical (unpaired) electrons. The normalized spacial score (nSPS) is 20.4. The van der Waals surface area contributed by atoms with Crippen LogP contribution in [-0.4, -0.2) is 37.3 Å². The number of halogens is 1. The lowest BCUT2D eigenvalue weighted by atomic mass is 10.1. The van der Waals surface area contributed by atoms with Crippen LogP contribution in [0.25, 0.3) is 0 Å². The standard InChI is InChI=1S/C12H16BrN3O2/c1-18-8-5-6-16(7-8)10-4-2-3-9(13)11(10)12(14)15-17/h2-4,8,17H,5-7H2,1H3,(H2,14,15). The van der Waals surface area contributed by atoms with Gasteiger partial charge in [-0.2, -0.15) is 0 Å². The molecule has 1 heterocycles. The average Bonchev–Trinajstić information content (AvgIpc) is 2.86. The smallest absolute Gasteiger partial charge is 0.173 e. The monoisotopic (exact) mass is 313 g/mol. The fourth-order valence-corrected chi connectivity index (χ4v) is 2.78. The fourth-order valence-electron chi connectivity index (χ4n) is 2.22. The van der Waals surface area contributed by atoms with E-state index >= 15 is 0 Å². The van der Waals surface area contributed by atoms with Crippen LogP contribution < -0.4 is 10.6 Å². The molecule has 1 aromatic carbocycles. The van der Waals surface area contributed by atoms with Gasteiger partial charge in [-0.15, -0.1) is 0 Å². The number of rotatable bonds is 3. The molecule has 0 spiro atoms. The molecule has 0 amide bonds. The van der Waals surface area contributed by atoms with Crippen LogP contribution in [0.15, 0.2) is 27.8 Å². The predicted molar refractivity (Wildman–Crippen MR) is 74.3 cm³/mol. The van der Waals surface area contributed by atoms with Gasteiger partial charge in [-0.05, 0) is 34.5 Å². The van der Waals surface area contributed by atoms with Gasteiger partial charge >= 0.3 is 0 Å². The van der Waals surface area contributed by atoms with Gasteiger partial charge in [0.2, 0.25) is 0 Å². The van der Waals surface area contributed by atoms with Crippen LogP contribution in [0.4, 0.5) is 5.69 Å². The first-order valence-electron chi connectivity index (χ1n) is 5.71. The van der Waals surface area contributed by atoms with Crippen LogP contribution in [0, 0.1) is 0 Å². The molecule has 0 bridgehead atoms. The molecule has 3 N–H and O–H groups in total. The minimum absolute atomic E-state index is 0.110. The highest BCUT2D eigenvalue weighted by Gasteiger charge is 2.25. The summed E-state index contributed by atoms with van der Waals surface area (Å²) in [6, 6.07) is 5.78. The second-order valence-electron chi connectivity index (χ2n) is 4.21. The highest BCUT2D eigenvalue weighted by molar-refractivity contribution is 9.10. The summed E-state index contributed by atoms with van der Waals surface area (Å²) in [7, 11) is 1.72. The number of nitrogens with zero attached hydrogens (tertiary/aromatic N) is 2. The maximum atomic E-state index is 8.88. The van der Waals surface area contributed by atoms with Gasteiger partial charge in [0.25, 0.3) is 0 Å². The third-order valence-corrected chi connectivity index (χ3v) is 3.84. The van der Waals surface area contributed by atoms with Crippen molar-refractivity contribution in [3.05, 3.63) is 28.2 Å². The summed E-state index contributed by atoms with van der Waals surface area (Å²) in [6.45, 7) is 1.72. The zero-order valence-corrected chi connectivity index (χ0v) is 11.7. The molecule has 0 saturated carbocycles. The van der Waals surface area contributed by atoms with Crippen molar-refractivity contribution < 1.29 is 9.94 Å². The van der Waals surface area contributed by atoms with Gasteiger partial charge in [-0.1, -0.05) is 11.2 Å². The zero-order valence-electron chi connectivity index (χ0n) is 10.1. The molecule has 1 saturated heterocycles. The van der Waals surface area contributed by atoms with Gasteiger partial charge in [0.1, 0.15) is 0 Å². The van der Waals surface area contributed by atoms with Gasteiger partial charge in [0.05, 0.1) is 11.7 Å². The van der Waals surface area contributed by atoms with E-state index in [0.29, 0.717) is 0 Å². The van der Waals surface area contributed by atoms with Crippen LogP contribution in [0.5, 0.6) is 0 Å². The summed E-state index contributed by atoms with van der Waals surface area (Å²) in [5, 5.41) is 12.0. The number of hydrogen-bond acceptors (Lipinski definition) is 4. The van der Waals surface area contributed by atoms with Gasteiger partial charge in [0.15, 0.2) is 5.84 Å². The van der Waals surface area contributed by atoms with E-state index in [1.165, 1.54) is 0 Å². The number of oxime groups is 1. The maximum Gasteiger partial charge on any atom is 0.173 e. The predicted octanol–water partition coefficient (Wildman–Crippen LogP) is 1.77. The lowest BCUT2D eigenvalue weighted by Crippen LogP contribution is -2.26. The van der Waals surface area contributed by atoms with Crippen molar-refractivity contribution >= 4 is 27.5 Å². The van der Waals surface area contributed by atoms with Crippen LogP contribution in [0.2, 0.25) is 0 Å². The summed E-state index contributed by atoms with van der Waals surface area (Å²) in [5.74, 6) is 0.110. The van der Waals surface area contributed by atoms with Gasteiger partial charge < -0.3 is 20.6 Å². The second kappa shape index (κ2) is 5.58. The zero-order chi connectivity index (χ0) is 13.1. The van der Waals surface area contributed by atoms with Crippen LogP contribution in [0.1, 0.15) is 12.0 Å². The first kappa shape index (κ1) is 13.2. The topological polar surface area (TPSA) is 71.1 Å². The molecule has 1 unspecified atom stereocenters. The molecule has 2 rings (SSSR count). The average molecular weight is 314 g/mol. The van der Waals surface area contributed by atoms with Crippen molar-refractivity contribution in [1.29, 1.82) is 0 Å². The molecule has 0 aliphatic carbocycles. The third kappa shape index (κ3) is 2.44. The summed E-state index contributed by atoms with van der Waals surface area (Å²) >= 11 is 3.44. The summed E-state index contributed by atoms with van der Waals surface area (Å²) in [5.41, 5.74) is 7.42. The number of amidine groups is 1. The molecular formula is C12H16BrN3O2. The SMILES string of the molecule is COC1CCN(c2cccc(Br)c2/C(N)=N/O)C1. The van der Waals surface area contributed by atoms with E-state index < -0.39 is 0 Å². The van der Waals surface area contributed by atoms with E-state index in [1.807, 2.05) is 18.2 Å². The van der Waals surface area contributed by atoms with Gasteiger partial charge in [0, 0.05) is 30.4 Å². The first-order chi connectivity index (χ1) is 8.67. The lowest BCUT2D eigenvalue weighted by molar-refractivity contribution is 0.121. The van der Waals surface area contributed by atoms with Crippen molar-refractivity contribution in [3.63, 3.8) is 0 Å². The number of anilines is 1. The van der Waals surface area contributed by atoms with Gasteiger partial charge in [-0.3, -0.25) is 0 Å². The minimum Gasteiger partial charge on any atom is -0.409 e. The minimum atomic E-state index is 0.110. The molecule has 98 valence electrons. The van der Waals surface area contributed by atoms with E-state index in [0.717, 1.165) is 35.2 Å². The maximum absolute atomic E-state index is 8.88. The fraction of sp³-hybridized carbons (Fsp3) is 0.417. The Balaban J connectivity index is 2.36. The summed E-state index contributed by atoms with van der Waals surface area (Å²) in [4.78, 5) is 2.19. The molecule has 1 aromatic rings. The molecule has 0 aromatic heterocycles. The van der Waals surface area contributed by atoms with E-state index in [9.17, 15) is 0 Å². The Morgan fingerprint density at radius 2 is 2.39 bits per heavy atom. The van der Waals surface area contributed by atoms with Crippen molar-refractivity contribution in [1.82, 2.24) is 0 Å². The number of hydrogen-bond donors (Lipinski definition) is 2. The van der Waals surface area contributed by atoms with E-state index in [2.05, 4.69) is 26.0 Å². The van der Waals surface area contributed by atoms with E-state index in [4.69, 9.17) is 15.7 Å². The molecule has 1 aliphatic heterocycles. The van der Waals surface area contributed by atoms with E-state index in [1.54, 1.807) is 7.11 Å². The first-order valence-corrected chi connectivity index (χ1v) is 6.50. The highest BCUT2D eigenvalue weighted by atomic mass is 79.9. The molecule has 18 heavy (non-hydrogen) atoms. The van der Waals surface area contributed by atoms with Crippen LogP contribution in [-0.2, 0) is 4.74 Å². The lowest BCUT2D eigenvalue weighted by Gasteiger charge is -2.22. The second-order valence-corrected chi connectivity index (χ2v) is 5.07. The molecular weight excluding hydrogens is 298 g/mol. The van der Waals surface area contributed by atoms with E-state index in [-0.39, 0.29) is 11.9 Å². The number of ether oxygens (including phenoxy) is 1. The molecule has 5 nitrogen and oxygen atoms in total. The van der Waals surface area contributed by atoms with Crippen LogP contribution >= 0.6 is 15.9 Å². The summed E-state index contributed by atoms with van der Waals surface area (Å²) < 4.78 is 6.17.